The maximum atomic E-state index is 10.8. The van der Waals surface area contributed by atoms with Crippen molar-refractivity contribution >= 4 is 24.9 Å². The summed E-state index contributed by atoms with van der Waals surface area (Å²) in [7, 11) is -1.73. The first-order valence-corrected chi connectivity index (χ1v) is 10.4. The van der Waals surface area contributed by atoms with Crippen molar-refractivity contribution in [1.29, 1.82) is 0 Å². The largest absolute Gasteiger partial charge is 0.415 e. The zero-order valence-corrected chi connectivity index (χ0v) is 14.9. The van der Waals surface area contributed by atoms with Crippen LogP contribution in [0.4, 0.5) is 5.69 Å². The van der Waals surface area contributed by atoms with Gasteiger partial charge in [0.15, 0.2) is 8.32 Å². The van der Waals surface area contributed by atoms with E-state index < -0.39 is 8.32 Å². The first-order chi connectivity index (χ1) is 10.1. The predicted molar refractivity (Wildman–Crippen MR) is 91.7 cm³/mol. The van der Waals surface area contributed by atoms with Crippen LogP contribution in [0.3, 0.4) is 0 Å². The van der Waals surface area contributed by atoms with E-state index in [0.717, 1.165) is 17.4 Å². The SMILES string of the molecule is CC(C)(C)[Si](C)(C)OCCn1ccc2cc([N+](=O)[O-])ccc21. The van der Waals surface area contributed by atoms with Crippen LogP contribution >= 0.6 is 0 Å². The molecule has 6 heteroatoms. The molecule has 0 aliphatic heterocycles. The molecule has 1 aromatic heterocycles. The molecule has 2 rings (SSSR count). The van der Waals surface area contributed by atoms with Gasteiger partial charge in [-0.15, -0.1) is 0 Å². The number of non-ortho nitro benzene ring substituents is 1. The van der Waals surface area contributed by atoms with Gasteiger partial charge in [-0.1, -0.05) is 20.8 Å². The zero-order valence-electron chi connectivity index (χ0n) is 13.9. The van der Waals surface area contributed by atoms with Crippen molar-refractivity contribution < 1.29 is 9.35 Å². The van der Waals surface area contributed by atoms with Gasteiger partial charge in [-0.3, -0.25) is 10.1 Å². The van der Waals surface area contributed by atoms with Crippen LogP contribution in [0, 0.1) is 10.1 Å². The van der Waals surface area contributed by atoms with Gasteiger partial charge < -0.3 is 8.99 Å². The number of nitrogens with zero attached hydrogens (tertiary/aromatic N) is 2. The maximum Gasteiger partial charge on any atom is 0.270 e. The number of fused-ring (bicyclic) bond motifs is 1. The lowest BCUT2D eigenvalue weighted by Gasteiger charge is -2.36. The maximum absolute atomic E-state index is 10.8. The van der Waals surface area contributed by atoms with Gasteiger partial charge in [-0.25, -0.2) is 0 Å². The van der Waals surface area contributed by atoms with E-state index in [4.69, 9.17) is 4.43 Å². The quantitative estimate of drug-likeness (QED) is 0.460. The number of hydrogen-bond donors (Lipinski definition) is 0. The summed E-state index contributed by atoms with van der Waals surface area (Å²) in [5.74, 6) is 0. The molecule has 22 heavy (non-hydrogen) atoms. The first kappa shape index (κ1) is 16.7. The van der Waals surface area contributed by atoms with Gasteiger partial charge in [-0.2, -0.15) is 0 Å². The van der Waals surface area contributed by atoms with Crippen LogP contribution in [0.2, 0.25) is 18.1 Å². The summed E-state index contributed by atoms with van der Waals surface area (Å²) in [6, 6.07) is 6.88. The Hall–Kier alpha value is -1.66. The molecule has 0 spiro atoms. The van der Waals surface area contributed by atoms with E-state index in [1.807, 2.05) is 12.3 Å². The van der Waals surface area contributed by atoms with Gasteiger partial charge in [0.2, 0.25) is 0 Å². The number of aromatic nitrogens is 1. The third-order valence-electron chi connectivity index (χ3n) is 4.57. The Morgan fingerprint density at radius 1 is 1.27 bits per heavy atom. The van der Waals surface area contributed by atoms with Gasteiger partial charge in [0.05, 0.1) is 11.5 Å². The second-order valence-corrected chi connectivity index (χ2v) is 11.9. The fourth-order valence-corrected chi connectivity index (χ4v) is 3.15. The van der Waals surface area contributed by atoms with Crippen LogP contribution in [0.1, 0.15) is 20.8 Å². The number of nitro benzene ring substituents is 1. The fourth-order valence-electron chi connectivity index (χ4n) is 2.11. The van der Waals surface area contributed by atoms with Crippen LogP contribution in [0.15, 0.2) is 30.5 Å². The molecule has 1 heterocycles. The van der Waals surface area contributed by atoms with Crippen molar-refractivity contribution in [3.63, 3.8) is 0 Å². The van der Waals surface area contributed by atoms with E-state index >= 15 is 0 Å². The molecule has 0 amide bonds. The van der Waals surface area contributed by atoms with Crippen molar-refractivity contribution in [2.24, 2.45) is 0 Å². The first-order valence-electron chi connectivity index (χ1n) is 7.49. The molecule has 0 aliphatic carbocycles. The molecule has 1 aromatic carbocycles. The highest BCUT2D eigenvalue weighted by Gasteiger charge is 2.36. The van der Waals surface area contributed by atoms with Gasteiger partial charge in [0.25, 0.3) is 5.69 Å². The smallest absolute Gasteiger partial charge is 0.270 e. The third kappa shape index (κ3) is 3.39. The fraction of sp³-hybridized carbons (Fsp3) is 0.500. The predicted octanol–water partition coefficient (Wildman–Crippen LogP) is 4.57. The molecule has 5 nitrogen and oxygen atoms in total. The van der Waals surface area contributed by atoms with Crippen LogP contribution in [-0.2, 0) is 11.0 Å². The van der Waals surface area contributed by atoms with Crippen molar-refractivity contribution in [1.82, 2.24) is 4.57 Å². The van der Waals surface area contributed by atoms with Crippen molar-refractivity contribution in [3.8, 4) is 0 Å². The molecule has 0 bridgehead atoms. The topological polar surface area (TPSA) is 57.3 Å². The Labute approximate surface area is 132 Å². The molecule has 120 valence electrons. The summed E-state index contributed by atoms with van der Waals surface area (Å²) in [4.78, 5) is 10.4. The summed E-state index contributed by atoms with van der Waals surface area (Å²) in [5, 5.41) is 11.9. The lowest BCUT2D eigenvalue weighted by atomic mass is 10.2. The minimum absolute atomic E-state index is 0.128. The summed E-state index contributed by atoms with van der Waals surface area (Å²) in [5.41, 5.74) is 1.13. The van der Waals surface area contributed by atoms with Gasteiger partial charge >= 0.3 is 0 Å². The molecule has 0 N–H and O–H groups in total. The molecule has 0 saturated carbocycles. The molecule has 0 unspecified atom stereocenters. The average molecular weight is 320 g/mol. The lowest BCUT2D eigenvalue weighted by molar-refractivity contribution is -0.384. The van der Waals surface area contributed by atoms with E-state index in [9.17, 15) is 10.1 Å². The molecular weight excluding hydrogens is 296 g/mol. The normalized spacial score (nSPS) is 12.8. The Bertz CT molecular complexity index is 686. The Morgan fingerprint density at radius 2 is 1.95 bits per heavy atom. The van der Waals surface area contributed by atoms with Gasteiger partial charge in [-0.05, 0) is 30.3 Å². The van der Waals surface area contributed by atoms with E-state index in [1.54, 1.807) is 18.2 Å². The van der Waals surface area contributed by atoms with Gasteiger partial charge in [0, 0.05) is 35.8 Å². The van der Waals surface area contributed by atoms with Crippen LogP contribution in [0.5, 0.6) is 0 Å². The van der Waals surface area contributed by atoms with E-state index in [2.05, 4.69) is 38.4 Å². The zero-order chi connectivity index (χ0) is 16.5. The van der Waals surface area contributed by atoms with Crippen LogP contribution < -0.4 is 0 Å². The van der Waals surface area contributed by atoms with Crippen LogP contribution in [0.25, 0.3) is 10.9 Å². The third-order valence-corrected chi connectivity index (χ3v) is 9.10. The highest BCUT2D eigenvalue weighted by atomic mass is 28.4. The molecule has 2 aromatic rings. The second kappa shape index (κ2) is 5.85. The highest BCUT2D eigenvalue weighted by Crippen LogP contribution is 2.36. The summed E-state index contributed by atoms with van der Waals surface area (Å²) in [6.45, 7) is 12.6. The van der Waals surface area contributed by atoms with Crippen molar-refractivity contribution in [3.05, 3.63) is 40.6 Å². The number of nitro groups is 1. The van der Waals surface area contributed by atoms with E-state index in [-0.39, 0.29) is 15.6 Å². The monoisotopic (exact) mass is 320 g/mol. The van der Waals surface area contributed by atoms with Crippen LogP contribution in [-0.4, -0.2) is 24.4 Å². The summed E-state index contributed by atoms with van der Waals surface area (Å²) >= 11 is 0. The van der Waals surface area contributed by atoms with Crippen molar-refractivity contribution in [2.75, 3.05) is 6.61 Å². The molecule has 0 saturated heterocycles. The summed E-state index contributed by atoms with van der Waals surface area (Å²) < 4.78 is 8.28. The van der Waals surface area contributed by atoms with E-state index in [0.29, 0.717) is 6.61 Å². The van der Waals surface area contributed by atoms with Crippen molar-refractivity contribution in [2.45, 2.75) is 45.4 Å². The Morgan fingerprint density at radius 3 is 2.55 bits per heavy atom. The minimum atomic E-state index is -1.73. The molecule has 0 aliphatic rings. The van der Waals surface area contributed by atoms with E-state index in [1.165, 1.54) is 0 Å². The Kier molecular flexibility index (Phi) is 4.44. The lowest BCUT2D eigenvalue weighted by Crippen LogP contribution is -2.41. The summed E-state index contributed by atoms with van der Waals surface area (Å²) in [6.07, 6.45) is 1.96. The standard InChI is InChI=1S/C16H24N2O3Si/c1-16(2,3)22(4,5)21-11-10-17-9-8-13-12-14(18(19)20)6-7-15(13)17/h6-9,12H,10-11H2,1-5H3. The highest BCUT2D eigenvalue weighted by molar-refractivity contribution is 6.74. The molecular formula is C16H24N2O3Si. The average Bonchev–Trinajstić information content (AvgIpc) is 2.79. The Balaban J connectivity index is 2.08. The molecule has 0 radical (unpaired) electrons. The number of hydrogen-bond acceptors (Lipinski definition) is 3. The molecule has 0 atom stereocenters. The van der Waals surface area contributed by atoms with Gasteiger partial charge in [0.1, 0.15) is 0 Å². The number of benzene rings is 1. The minimum Gasteiger partial charge on any atom is -0.415 e. The molecule has 0 fully saturated rings. The number of rotatable bonds is 5. The second-order valence-electron chi connectivity index (χ2n) is 7.12.